The van der Waals surface area contributed by atoms with Crippen LogP contribution < -0.4 is 9.47 Å². The van der Waals surface area contributed by atoms with Crippen LogP contribution in [0.15, 0.2) is 54.6 Å². The number of hydrogen-bond acceptors (Lipinski definition) is 3. The van der Waals surface area contributed by atoms with Crippen LogP contribution in [-0.2, 0) is 0 Å². The van der Waals surface area contributed by atoms with Gasteiger partial charge in [-0.1, -0.05) is 30.3 Å². The van der Waals surface area contributed by atoms with E-state index in [0.29, 0.717) is 24.5 Å². The number of benzene rings is 2. The Balaban J connectivity index is 1.81. The van der Waals surface area contributed by atoms with Gasteiger partial charge in [-0.15, -0.1) is 0 Å². The summed E-state index contributed by atoms with van der Waals surface area (Å²) in [6.07, 6.45) is 0. The molecule has 2 aromatic carbocycles. The highest BCUT2D eigenvalue weighted by Gasteiger charge is 2.01. The fraction of sp³-hybridized carbons (Fsp3) is 0.133. The van der Waals surface area contributed by atoms with E-state index >= 15 is 0 Å². The van der Waals surface area contributed by atoms with Crippen LogP contribution in [0.2, 0.25) is 0 Å². The van der Waals surface area contributed by atoms with Crippen molar-refractivity contribution in [3.8, 4) is 17.6 Å². The quantitative estimate of drug-likeness (QED) is 0.753. The Kier molecular flexibility index (Phi) is 4.21. The van der Waals surface area contributed by atoms with Crippen LogP contribution in [0.3, 0.4) is 0 Å². The third-order valence-electron chi connectivity index (χ3n) is 2.36. The molecule has 0 unspecified atom stereocenters. The second-order valence-electron chi connectivity index (χ2n) is 3.62. The van der Waals surface area contributed by atoms with E-state index in [9.17, 15) is 0 Å². The molecule has 0 aliphatic heterocycles. The summed E-state index contributed by atoms with van der Waals surface area (Å²) in [5.41, 5.74) is 0.539. The average molecular weight is 239 g/mol. The van der Waals surface area contributed by atoms with E-state index in [-0.39, 0.29) is 0 Å². The molecular formula is C15H13NO2. The maximum absolute atomic E-state index is 8.89. The minimum Gasteiger partial charge on any atom is -0.490 e. The van der Waals surface area contributed by atoms with Gasteiger partial charge in [0.05, 0.1) is 5.56 Å². The van der Waals surface area contributed by atoms with Gasteiger partial charge in [-0.25, -0.2) is 0 Å². The lowest BCUT2D eigenvalue weighted by Crippen LogP contribution is -2.09. The van der Waals surface area contributed by atoms with Gasteiger partial charge < -0.3 is 9.47 Å². The molecule has 0 aromatic heterocycles. The Morgan fingerprint density at radius 1 is 0.833 bits per heavy atom. The number of para-hydroxylation sites is 2. The molecule has 0 amide bonds. The van der Waals surface area contributed by atoms with E-state index in [1.807, 2.05) is 42.5 Å². The molecule has 3 nitrogen and oxygen atoms in total. The SMILES string of the molecule is N#Cc1ccccc1OCCOc1ccccc1. The lowest BCUT2D eigenvalue weighted by molar-refractivity contribution is 0.217. The fourth-order valence-corrected chi connectivity index (χ4v) is 1.51. The Labute approximate surface area is 106 Å². The van der Waals surface area contributed by atoms with Gasteiger partial charge in [-0.05, 0) is 24.3 Å². The molecular weight excluding hydrogens is 226 g/mol. The molecule has 2 rings (SSSR count). The first-order chi connectivity index (χ1) is 8.90. The first-order valence-corrected chi connectivity index (χ1v) is 5.70. The number of ether oxygens (including phenoxy) is 2. The molecule has 0 fully saturated rings. The molecule has 0 N–H and O–H groups in total. The zero-order valence-corrected chi connectivity index (χ0v) is 9.87. The molecule has 3 heteroatoms. The van der Waals surface area contributed by atoms with Gasteiger partial charge in [0.1, 0.15) is 30.8 Å². The van der Waals surface area contributed by atoms with E-state index in [1.54, 1.807) is 12.1 Å². The van der Waals surface area contributed by atoms with Crippen LogP contribution in [0.5, 0.6) is 11.5 Å². The third-order valence-corrected chi connectivity index (χ3v) is 2.36. The maximum Gasteiger partial charge on any atom is 0.137 e. The molecule has 0 spiro atoms. The molecule has 2 aromatic rings. The van der Waals surface area contributed by atoms with E-state index in [2.05, 4.69) is 6.07 Å². The van der Waals surface area contributed by atoms with Crippen molar-refractivity contribution in [1.29, 1.82) is 5.26 Å². The summed E-state index contributed by atoms with van der Waals surface area (Å²) in [5, 5.41) is 8.89. The van der Waals surface area contributed by atoms with Crippen molar-refractivity contribution in [2.75, 3.05) is 13.2 Å². The standard InChI is InChI=1S/C15H13NO2/c16-12-13-6-4-5-9-15(13)18-11-10-17-14-7-2-1-3-8-14/h1-9H,10-11H2. The summed E-state index contributed by atoms with van der Waals surface area (Å²) in [4.78, 5) is 0. The van der Waals surface area contributed by atoms with Crippen molar-refractivity contribution in [3.63, 3.8) is 0 Å². The third kappa shape index (κ3) is 3.26. The fourth-order valence-electron chi connectivity index (χ4n) is 1.51. The van der Waals surface area contributed by atoms with Crippen molar-refractivity contribution < 1.29 is 9.47 Å². The largest absolute Gasteiger partial charge is 0.490 e. The molecule has 18 heavy (non-hydrogen) atoms. The summed E-state index contributed by atoms with van der Waals surface area (Å²) < 4.78 is 11.0. The second kappa shape index (κ2) is 6.31. The number of hydrogen-bond donors (Lipinski definition) is 0. The van der Waals surface area contributed by atoms with Crippen molar-refractivity contribution in [2.24, 2.45) is 0 Å². The molecule has 90 valence electrons. The summed E-state index contributed by atoms with van der Waals surface area (Å²) >= 11 is 0. The average Bonchev–Trinajstić information content (AvgIpc) is 2.45. The molecule has 0 radical (unpaired) electrons. The van der Waals surface area contributed by atoms with Crippen LogP contribution in [0.1, 0.15) is 5.56 Å². The summed E-state index contributed by atoms with van der Waals surface area (Å²) in [7, 11) is 0. The highest BCUT2D eigenvalue weighted by molar-refractivity contribution is 5.42. The lowest BCUT2D eigenvalue weighted by atomic mass is 10.2. The number of nitriles is 1. The minimum atomic E-state index is 0.410. The van der Waals surface area contributed by atoms with Crippen LogP contribution in [-0.4, -0.2) is 13.2 Å². The highest BCUT2D eigenvalue weighted by atomic mass is 16.5. The first kappa shape index (κ1) is 12.0. The minimum absolute atomic E-state index is 0.410. The van der Waals surface area contributed by atoms with Crippen LogP contribution in [0.25, 0.3) is 0 Å². The van der Waals surface area contributed by atoms with Gasteiger partial charge in [-0.2, -0.15) is 5.26 Å². The molecule has 0 heterocycles. The van der Waals surface area contributed by atoms with Crippen LogP contribution in [0, 0.1) is 11.3 Å². The topological polar surface area (TPSA) is 42.2 Å². The molecule has 0 atom stereocenters. The van der Waals surface area contributed by atoms with Crippen molar-refractivity contribution in [1.82, 2.24) is 0 Å². The molecule has 0 saturated heterocycles. The van der Waals surface area contributed by atoms with Crippen LogP contribution in [0.4, 0.5) is 0 Å². The Hall–Kier alpha value is -2.47. The van der Waals surface area contributed by atoms with Gasteiger partial charge in [0.25, 0.3) is 0 Å². The van der Waals surface area contributed by atoms with Crippen molar-refractivity contribution >= 4 is 0 Å². The summed E-state index contributed by atoms with van der Waals surface area (Å²) in [6, 6.07) is 18.8. The molecule has 0 aliphatic carbocycles. The van der Waals surface area contributed by atoms with Gasteiger partial charge >= 0.3 is 0 Å². The van der Waals surface area contributed by atoms with Gasteiger partial charge in [0.15, 0.2) is 0 Å². The van der Waals surface area contributed by atoms with Gasteiger partial charge in [-0.3, -0.25) is 0 Å². The summed E-state index contributed by atoms with van der Waals surface area (Å²) in [5.74, 6) is 1.41. The second-order valence-corrected chi connectivity index (χ2v) is 3.62. The molecule has 0 bridgehead atoms. The molecule has 0 saturated carbocycles. The monoisotopic (exact) mass is 239 g/mol. The zero-order chi connectivity index (χ0) is 12.6. The Morgan fingerprint density at radius 2 is 1.50 bits per heavy atom. The van der Waals surface area contributed by atoms with Crippen molar-refractivity contribution in [3.05, 3.63) is 60.2 Å². The predicted molar refractivity (Wildman–Crippen MR) is 68.6 cm³/mol. The van der Waals surface area contributed by atoms with E-state index in [0.717, 1.165) is 5.75 Å². The van der Waals surface area contributed by atoms with Gasteiger partial charge in [0, 0.05) is 0 Å². The summed E-state index contributed by atoms with van der Waals surface area (Å²) in [6.45, 7) is 0.858. The maximum atomic E-state index is 8.89. The highest BCUT2D eigenvalue weighted by Crippen LogP contribution is 2.16. The van der Waals surface area contributed by atoms with E-state index in [4.69, 9.17) is 14.7 Å². The predicted octanol–water partition coefficient (Wildman–Crippen LogP) is 3.02. The van der Waals surface area contributed by atoms with Crippen molar-refractivity contribution in [2.45, 2.75) is 0 Å². The Morgan fingerprint density at radius 3 is 2.28 bits per heavy atom. The van der Waals surface area contributed by atoms with Crippen LogP contribution >= 0.6 is 0 Å². The normalized spacial score (nSPS) is 9.50. The smallest absolute Gasteiger partial charge is 0.137 e. The first-order valence-electron chi connectivity index (χ1n) is 5.70. The van der Waals surface area contributed by atoms with E-state index in [1.165, 1.54) is 0 Å². The molecule has 0 aliphatic rings. The van der Waals surface area contributed by atoms with E-state index < -0.39 is 0 Å². The zero-order valence-electron chi connectivity index (χ0n) is 9.87. The Bertz CT molecular complexity index is 532. The number of rotatable bonds is 5. The van der Waals surface area contributed by atoms with Gasteiger partial charge in [0.2, 0.25) is 0 Å². The lowest BCUT2D eigenvalue weighted by Gasteiger charge is -2.09. The number of nitrogens with zero attached hydrogens (tertiary/aromatic N) is 1.